The zero-order valence-electron chi connectivity index (χ0n) is 19.9. The minimum atomic E-state index is -0.642. The molecule has 1 N–H and O–H groups in total. The second-order valence-electron chi connectivity index (χ2n) is 8.57. The molecule has 1 atom stereocenters. The molecule has 0 fully saturated rings. The maximum atomic E-state index is 13.6. The molecule has 2 amide bonds. The molecule has 35 heavy (non-hydrogen) atoms. The average molecular weight is 530 g/mol. The van der Waals surface area contributed by atoms with Crippen LogP contribution in [0.4, 0.5) is 0 Å². The summed E-state index contributed by atoms with van der Waals surface area (Å²) in [6.07, 6.45) is 0.430. The molecule has 3 rings (SSSR count). The van der Waals surface area contributed by atoms with Crippen molar-refractivity contribution in [1.29, 1.82) is 0 Å². The lowest BCUT2D eigenvalue weighted by Crippen LogP contribution is -2.52. The number of hydrogen-bond acceptors (Lipinski definition) is 3. The number of halogens is 2. The van der Waals surface area contributed by atoms with Gasteiger partial charge in [-0.25, -0.2) is 0 Å². The number of amides is 2. The van der Waals surface area contributed by atoms with Gasteiger partial charge in [0.1, 0.15) is 6.04 Å². The SMILES string of the molecule is CC(C)NC(=O)[C@H](Cc1ccccc1)N(Cc1ccccc1)C(=O)CSCc1c(Cl)cccc1Cl. The van der Waals surface area contributed by atoms with Crippen molar-refractivity contribution >= 4 is 46.8 Å². The fourth-order valence-electron chi connectivity index (χ4n) is 3.71. The van der Waals surface area contributed by atoms with Crippen molar-refractivity contribution in [3.63, 3.8) is 0 Å². The Bertz CT molecular complexity index is 1090. The van der Waals surface area contributed by atoms with Crippen LogP contribution in [0.25, 0.3) is 0 Å². The summed E-state index contributed by atoms with van der Waals surface area (Å²) in [5, 5.41) is 4.17. The van der Waals surface area contributed by atoms with E-state index in [1.54, 1.807) is 23.1 Å². The summed E-state index contributed by atoms with van der Waals surface area (Å²) in [5.74, 6) is 0.439. The Hall–Kier alpha value is -2.47. The van der Waals surface area contributed by atoms with E-state index in [4.69, 9.17) is 23.2 Å². The second kappa shape index (κ2) is 13.6. The smallest absolute Gasteiger partial charge is 0.243 e. The molecule has 0 aliphatic carbocycles. The summed E-state index contributed by atoms with van der Waals surface area (Å²) in [6.45, 7) is 4.18. The zero-order chi connectivity index (χ0) is 25.2. The van der Waals surface area contributed by atoms with E-state index < -0.39 is 6.04 Å². The van der Waals surface area contributed by atoms with Crippen molar-refractivity contribution in [2.24, 2.45) is 0 Å². The van der Waals surface area contributed by atoms with E-state index in [-0.39, 0.29) is 23.6 Å². The van der Waals surface area contributed by atoms with Crippen LogP contribution in [-0.2, 0) is 28.3 Å². The van der Waals surface area contributed by atoms with E-state index in [1.165, 1.54) is 11.8 Å². The number of carbonyl (C=O) groups excluding carboxylic acids is 2. The van der Waals surface area contributed by atoms with Crippen molar-refractivity contribution in [2.45, 2.75) is 44.6 Å². The summed E-state index contributed by atoms with van der Waals surface area (Å²) >= 11 is 14.0. The third-order valence-electron chi connectivity index (χ3n) is 5.43. The van der Waals surface area contributed by atoms with E-state index in [0.29, 0.717) is 28.8 Å². The van der Waals surface area contributed by atoms with Crippen molar-refractivity contribution < 1.29 is 9.59 Å². The van der Waals surface area contributed by atoms with Crippen LogP contribution in [-0.4, -0.2) is 34.6 Å². The van der Waals surface area contributed by atoms with Crippen LogP contribution >= 0.6 is 35.0 Å². The minimum Gasteiger partial charge on any atom is -0.352 e. The molecule has 3 aromatic carbocycles. The van der Waals surface area contributed by atoms with Crippen LogP contribution in [0.3, 0.4) is 0 Å². The molecule has 0 aliphatic heterocycles. The Morgan fingerprint density at radius 1 is 0.857 bits per heavy atom. The number of thioether (sulfide) groups is 1. The van der Waals surface area contributed by atoms with Crippen LogP contribution in [0.15, 0.2) is 78.9 Å². The van der Waals surface area contributed by atoms with Crippen molar-refractivity contribution in [1.82, 2.24) is 10.2 Å². The molecule has 0 aromatic heterocycles. The molecule has 0 bridgehead atoms. The summed E-state index contributed by atoms with van der Waals surface area (Å²) in [5.41, 5.74) is 2.77. The maximum absolute atomic E-state index is 13.6. The lowest BCUT2D eigenvalue weighted by atomic mass is 10.0. The molecule has 0 aliphatic rings. The Balaban J connectivity index is 1.84. The molecule has 4 nitrogen and oxygen atoms in total. The Kier molecular flexibility index (Phi) is 10.5. The maximum Gasteiger partial charge on any atom is 0.243 e. The Labute approximate surface area is 222 Å². The topological polar surface area (TPSA) is 49.4 Å². The van der Waals surface area contributed by atoms with Gasteiger partial charge in [0.05, 0.1) is 5.75 Å². The first-order chi connectivity index (χ1) is 16.8. The normalized spacial score (nSPS) is 11.8. The molecule has 0 spiro atoms. The predicted molar refractivity (Wildman–Crippen MR) is 147 cm³/mol. The summed E-state index contributed by atoms with van der Waals surface area (Å²) in [7, 11) is 0. The van der Waals surface area contributed by atoms with Crippen molar-refractivity contribution in [3.05, 3.63) is 106 Å². The third-order valence-corrected chi connectivity index (χ3v) is 7.08. The molecule has 0 radical (unpaired) electrons. The van der Waals surface area contributed by atoms with E-state index in [1.807, 2.05) is 74.5 Å². The first-order valence-corrected chi connectivity index (χ1v) is 13.4. The van der Waals surface area contributed by atoms with Crippen LogP contribution in [0.2, 0.25) is 10.0 Å². The fourth-order valence-corrected chi connectivity index (χ4v) is 5.36. The summed E-state index contributed by atoms with van der Waals surface area (Å²) in [6, 6.07) is 24.2. The lowest BCUT2D eigenvalue weighted by molar-refractivity contribution is -0.139. The number of benzene rings is 3. The number of hydrogen-bond donors (Lipinski definition) is 1. The van der Waals surface area contributed by atoms with Gasteiger partial charge in [-0.15, -0.1) is 11.8 Å². The highest BCUT2D eigenvalue weighted by Crippen LogP contribution is 2.28. The highest BCUT2D eigenvalue weighted by molar-refractivity contribution is 7.99. The first-order valence-electron chi connectivity index (χ1n) is 11.5. The molecule has 3 aromatic rings. The number of nitrogens with zero attached hydrogens (tertiary/aromatic N) is 1. The lowest BCUT2D eigenvalue weighted by Gasteiger charge is -2.32. The Morgan fingerprint density at radius 2 is 1.43 bits per heavy atom. The second-order valence-corrected chi connectivity index (χ2v) is 10.4. The summed E-state index contributed by atoms with van der Waals surface area (Å²) < 4.78 is 0. The highest BCUT2D eigenvalue weighted by Gasteiger charge is 2.30. The van der Waals surface area contributed by atoms with E-state index >= 15 is 0 Å². The first kappa shape index (κ1) is 27.1. The number of nitrogens with one attached hydrogen (secondary N) is 1. The van der Waals surface area contributed by atoms with Gasteiger partial charge in [0, 0.05) is 34.8 Å². The average Bonchev–Trinajstić information content (AvgIpc) is 2.84. The van der Waals surface area contributed by atoms with Gasteiger partial charge in [0.25, 0.3) is 0 Å². The van der Waals surface area contributed by atoms with Crippen LogP contribution in [0.1, 0.15) is 30.5 Å². The standard InChI is InChI=1S/C28H30Cl2N2O2S/c1-20(2)31-28(34)26(16-21-10-5-3-6-11-21)32(17-22-12-7-4-8-13-22)27(33)19-35-18-23-24(29)14-9-15-25(23)30/h3-15,20,26H,16-19H2,1-2H3,(H,31,34)/t26-/m0/s1. The molecule has 0 saturated heterocycles. The van der Waals surface area contributed by atoms with E-state index in [0.717, 1.165) is 16.7 Å². The molecular formula is C28H30Cl2N2O2S. The fraction of sp³-hybridized carbons (Fsp3) is 0.286. The highest BCUT2D eigenvalue weighted by atomic mass is 35.5. The monoisotopic (exact) mass is 528 g/mol. The van der Waals surface area contributed by atoms with Gasteiger partial charge >= 0.3 is 0 Å². The third kappa shape index (κ3) is 8.31. The molecule has 0 saturated carbocycles. The van der Waals surface area contributed by atoms with E-state index in [2.05, 4.69) is 5.32 Å². The molecule has 184 valence electrons. The molecular weight excluding hydrogens is 499 g/mol. The minimum absolute atomic E-state index is 0.0359. The zero-order valence-corrected chi connectivity index (χ0v) is 22.2. The van der Waals surface area contributed by atoms with Crippen LogP contribution in [0, 0.1) is 0 Å². The van der Waals surface area contributed by atoms with E-state index in [9.17, 15) is 9.59 Å². The van der Waals surface area contributed by atoms with Gasteiger partial charge in [-0.1, -0.05) is 89.9 Å². The van der Waals surface area contributed by atoms with Crippen molar-refractivity contribution in [3.8, 4) is 0 Å². The van der Waals surface area contributed by atoms with Gasteiger partial charge in [-0.3, -0.25) is 9.59 Å². The van der Waals surface area contributed by atoms with Gasteiger partial charge in [0.2, 0.25) is 11.8 Å². The molecule has 0 unspecified atom stereocenters. The van der Waals surface area contributed by atoms with Gasteiger partial charge in [-0.2, -0.15) is 0 Å². The largest absolute Gasteiger partial charge is 0.352 e. The van der Waals surface area contributed by atoms with Gasteiger partial charge < -0.3 is 10.2 Å². The van der Waals surface area contributed by atoms with Gasteiger partial charge in [-0.05, 0) is 42.7 Å². The summed E-state index contributed by atoms with van der Waals surface area (Å²) in [4.78, 5) is 28.6. The quantitative estimate of drug-likeness (QED) is 0.313. The van der Waals surface area contributed by atoms with Gasteiger partial charge in [0.15, 0.2) is 0 Å². The predicted octanol–water partition coefficient (Wildman–Crippen LogP) is 6.39. The van der Waals surface area contributed by atoms with Crippen LogP contribution in [0.5, 0.6) is 0 Å². The van der Waals surface area contributed by atoms with Crippen molar-refractivity contribution in [2.75, 3.05) is 5.75 Å². The Morgan fingerprint density at radius 3 is 2.00 bits per heavy atom. The number of rotatable bonds is 11. The molecule has 7 heteroatoms. The van der Waals surface area contributed by atoms with Crippen LogP contribution < -0.4 is 5.32 Å². The number of carbonyl (C=O) groups is 2. The molecule has 0 heterocycles.